The van der Waals surface area contributed by atoms with E-state index in [1.54, 1.807) is 47.7 Å². The third-order valence-corrected chi connectivity index (χ3v) is 5.64. The van der Waals surface area contributed by atoms with E-state index in [0.717, 1.165) is 11.1 Å². The highest BCUT2D eigenvalue weighted by molar-refractivity contribution is 6.05. The molecule has 0 spiro atoms. The van der Waals surface area contributed by atoms with E-state index >= 15 is 0 Å². The zero-order valence-electron chi connectivity index (χ0n) is 19.7. The van der Waals surface area contributed by atoms with E-state index in [-0.39, 0.29) is 11.7 Å². The van der Waals surface area contributed by atoms with Gasteiger partial charge in [-0.05, 0) is 48.0 Å². The number of hydrogen-bond acceptors (Lipinski definition) is 8. The molecule has 1 atom stereocenters. The van der Waals surface area contributed by atoms with Gasteiger partial charge in [-0.2, -0.15) is 5.10 Å². The molecule has 0 unspecified atom stereocenters. The number of ether oxygens (including phenoxy) is 5. The van der Waals surface area contributed by atoms with Gasteiger partial charge in [0.15, 0.2) is 28.8 Å². The van der Waals surface area contributed by atoms with Gasteiger partial charge in [-0.1, -0.05) is 0 Å². The first kappa shape index (κ1) is 23.0. The van der Waals surface area contributed by atoms with Crippen molar-refractivity contribution in [1.29, 1.82) is 0 Å². The molecule has 1 amide bonds. The van der Waals surface area contributed by atoms with Crippen molar-refractivity contribution in [2.45, 2.75) is 12.5 Å². The molecule has 1 aromatic heterocycles. The smallest absolute Gasteiger partial charge is 0.310 e. The topological polar surface area (TPSA) is 92.0 Å². The Morgan fingerprint density at radius 2 is 1.56 bits per heavy atom. The second-order valence-corrected chi connectivity index (χ2v) is 7.42. The molecule has 1 aliphatic rings. The lowest BCUT2D eigenvalue weighted by Crippen LogP contribution is -2.26. The zero-order chi connectivity index (χ0) is 24.2. The fraction of sp³-hybridized carbons (Fsp3) is 0.280. The quantitative estimate of drug-likeness (QED) is 0.488. The highest BCUT2D eigenvalue weighted by Crippen LogP contribution is 2.43. The summed E-state index contributed by atoms with van der Waals surface area (Å²) >= 11 is 0. The molecule has 4 rings (SSSR count). The molecule has 9 nitrogen and oxygen atoms in total. The number of methoxy groups -OCH3 is 5. The van der Waals surface area contributed by atoms with Crippen molar-refractivity contribution < 1.29 is 32.9 Å². The lowest BCUT2D eigenvalue weighted by atomic mass is 9.97. The van der Waals surface area contributed by atoms with Gasteiger partial charge in [-0.15, -0.1) is 0 Å². The van der Waals surface area contributed by atoms with Crippen LogP contribution >= 0.6 is 0 Å². The summed E-state index contributed by atoms with van der Waals surface area (Å²) in [5, 5.41) is 6.11. The average molecular weight is 466 g/mol. The Morgan fingerprint density at radius 3 is 2.12 bits per heavy atom. The maximum Gasteiger partial charge on any atom is 0.310 e. The van der Waals surface area contributed by atoms with Crippen LogP contribution in [0.3, 0.4) is 0 Å². The fourth-order valence-electron chi connectivity index (χ4n) is 3.95. The predicted octanol–water partition coefficient (Wildman–Crippen LogP) is 4.31. The van der Waals surface area contributed by atoms with Crippen molar-refractivity contribution >= 4 is 11.6 Å². The first-order valence-electron chi connectivity index (χ1n) is 10.5. The first-order valence-corrected chi connectivity index (χ1v) is 10.5. The number of carbonyl (C=O) groups is 1. The number of carbonyl (C=O) groups excluding carboxylic acids is 1. The van der Waals surface area contributed by atoms with Gasteiger partial charge in [-0.3, -0.25) is 4.79 Å². The maximum atomic E-state index is 13.3. The minimum absolute atomic E-state index is 0.190. The molecule has 2 aromatic carbocycles. The third-order valence-electron chi connectivity index (χ3n) is 5.64. The Balaban J connectivity index is 1.79. The fourth-order valence-corrected chi connectivity index (χ4v) is 3.95. The monoisotopic (exact) mass is 466 g/mol. The van der Waals surface area contributed by atoms with Gasteiger partial charge in [-0.25, -0.2) is 5.01 Å². The van der Waals surface area contributed by atoms with Crippen LogP contribution in [0.2, 0.25) is 0 Å². The van der Waals surface area contributed by atoms with Gasteiger partial charge in [0.1, 0.15) is 0 Å². The van der Waals surface area contributed by atoms with E-state index in [4.69, 9.17) is 28.1 Å². The van der Waals surface area contributed by atoms with E-state index in [0.29, 0.717) is 40.9 Å². The summed E-state index contributed by atoms with van der Waals surface area (Å²) < 4.78 is 32.6. The predicted molar refractivity (Wildman–Crippen MR) is 124 cm³/mol. The normalized spacial score (nSPS) is 15.0. The molecule has 0 aliphatic carbocycles. The Bertz CT molecular complexity index is 1180. The van der Waals surface area contributed by atoms with Crippen molar-refractivity contribution in [2.24, 2.45) is 5.10 Å². The molecule has 0 saturated heterocycles. The molecular weight excluding hydrogens is 440 g/mol. The molecule has 34 heavy (non-hydrogen) atoms. The van der Waals surface area contributed by atoms with Crippen LogP contribution in [0.4, 0.5) is 0 Å². The Labute approximate surface area is 197 Å². The highest BCUT2D eigenvalue weighted by Gasteiger charge is 2.36. The van der Waals surface area contributed by atoms with Crippen molar-refractivity contribution in [2.75, 3.05) is 35.5 Å². The minimum Gasteiger partial charge on any atom is -0.493 e. The molecule has 1 aliphatic heterocycles. The lowest BCUT2D eigenvalue weighted by Gasteiger charge is -2.23. The molecule has 0 radical (unpaired) electrons. The summed E-state index contributed by atoms with van der Waals surface area (Å²) in [5.41, 5.74) is 2.29. The summed E-state index contributed by atoms with van der Waals surface area (Å²) in [5.74, 6) is 2.45. The number of amides is 1. The van der Waals surface area contributed by atoms with Gasteiger partial charge in [0, 0.05) is 12.0 Å². The van der Waals surface area contributed by atoms with Crippen molar-refractivity contribution in [3.05, 3.63) is 65.6 Å². The van der Waals surface area contributed by atoms with Gasteiger partial charge >= 0.3 is 5.91 Å². The summed E-state index contributed by atoms with van der Waals surface area (Å²) in [6, 6.07) is 12.0. The molecular formula is C25H26N2O7. The Kier molecular flexibility index (Phi) is 6.62. The van der Waals surface area contributed by atoms with Crippen LogP contribution in [-0.4, -0.2) is 52.2 Å². The van der Waals surface area contributed by atoms with Crippen LogP contribution in [0.25, 0.3) is 0 Å². The van der Waals surface area contributed by atoms with Crippen LogP contribution < -0.4 is 23.7 Å². The SMILES string of the molecule is COc1ccc(C2=NN(C(=O)c3ccco3)[C@H](c3cc(OC)c(OC)c(OC)c3)C2)cc1OC. The second-order valence-electron chi connectivity index (χ2n) is 7.42. The zero-order valence-corrected chi connectivity index (χ0v) is 19.7. The van der Waals surface area contributed by atoms with Gasteiger partial charge in [0.2, 0.25) is 5.75 Å². The summed E-state index contributed by atoms with van der Waals surface area (Å²) in [6.07, 6.45) is 1.90. The number of hydrazone groups is 1. The molecule has 9 heteroatoms. The standard InChI is InChI=1S/C25H26N2O7/c1-29-19-9-8-15(11-21(19)30-2)17-14-18(27(26-17)25(28)20-7-6-10-34-20)16-12-22(31-3)24(33-5)23(13-16)32-4/h6-13,18H,14H2,1-5H3/t18-/m0/s1. The van der Waals surface area contributed by atoms with E-state index in [1.807, 2.05) is 30.3 Å². The third kappa shape index (κ3) is 4.12. The summed E-state index contributed by atoms with van der Waals surface area (Å²) in [4.78, 5) is 13.3. The second kappa shape index (κ2) is 9.78. The first-order chi connectivity index (χ1) is 16.5. The number of nitrogens with zero attached hydrogens (tertiary/aromatic N) is 2. The van der Waals surface area contributed by atoms with Crippen LogP contribution in [0, 0.1) is 0 Å². The van der Waals surface area contributed by atoms with Crippen molar-refractivity contribution in [3.63, 3.8) is 0 Å². The van der Waals surface area contributed by atoms with Gasteiger partial charge in [0.05, 0.1) is 53.6 Å². The molecule has 0 fully saturated rings. The molecule has 0 N–H and O–H groups in total. The van der Waals surface area contributed by atoms with E-state index in [2.05, 4.69) is 5.10 Å². The molecule has 3 aromatic rings. The average Bonchev–Trinajstić information content (AvgIpc) is 3.57. The van der Waals surface area contributed by atoms with E-state index in [1.165, 1.54) is 11.3 Å². The van der Waals surface area contributed by atoms with Gasteiger partial charge in [0.25, 0.3) is 0 Å². The number of hydrogen-bond donors (Lipinski definition) is 0. The van der Waals surface area contributed by atoms with Crippen LogP contribution in [0.5, 0.6) is 28.7 Å². The molecule has 0 bridgehead atoms. The van der Waals surface area contributed by atoms with E-state index in [9.17, 15) is 4.79 Å². The summed E-state index contributed by atoms with van der Waals surface area (Å²) in [7, 11) is 7.79. The Hall–Kier alpha value is -4.14. The highest BCUT2D eigenvalue weighted by atomic mass is 16.5. The molecule has 0 saturated carbocycles. The molecule has 178 valence electrons. The molecule has 2 heterocycles. The van der Waals surface area contributed by atoms with Crippen molar-refractivity contribution in [3.8, 4) is 28.7 Å². The summed E-state index contributed by atoms with van der Waals surface area (Å²) in [6.45, 7) is 0. The van der Waals surface area contributed by atoms with Crippen molar-refractivity contribution in [1.82, 2.24) is 5.01 Å². The number of benzene rings is 2. The van der Waals surface area contributed by atoms with Crippen LogP contribution in [-0.2, 0) is 0 Å². The maximum absolute atomic E-state index is 13.3. The Morgan fingerprint density at radius 1 is 0.882 bits per heavy atom. The minimum atomic E-state index is -0.436. The van der Waals surface area contributed by atoms with Crippen LogP contribution in [0.1, 0.15) is 34.1 Å². The number of furan rings is 1. The lowest BCUT2D eigenvalue weighted by molar-refractivity contribution is 0.0678. The van der Waals surface area contributed by atoms with Crippen LogP contribution in [0.15, 0.2) is 58.2 Å². The largest absolute Gasteiger partial charge is 0.493 e. The number of rotatable bonds is 8. The van der Waals surface area contributed by atoms with Gasteiger partial charge < -0.3 is 28.1 Å². The van der Waals surface area contributed by atoms with E-state index < -0.39 is 6.04 Å².